The van der Waals surface area contributed by atoms with Gasteiger partial charge in [0.15, 0.2) is 0 Å². The third-order valence-corrected chi connectivity index (χ3v) is 4.01. The molecule has 2 aromatic carbocycles. The maximum atomic E-state index is 12.2. The number of hydrogen-bond donors (Lipinski definition) is 2. The number of carbonyl (C=O) groups is 1. The number of rotatable bonds is 3. The highest BCUT2D eigenvalue weighted by atomic mass is 79.9. The van der Waals surface area contributed by atoms with E-state index in [9.17, 15) is 4.79 Å². The Morgan fingerprint density at radius 1 is 1.30 bits per heavy atom. The number of aryl methyl sites for hydroxylation is 1. The van der Waals surface area contributed by atoms with E-state index >= 15 is 0 Å². The first kappa shape index (κ1) is 15.0. The summed E-state index contributed by atoms with van der Waals surface area (Å²) in [5.74, 6) is -0.281. The van der Waals surface area contributed by atoms with Gasteiger partial charge in [0, 0.05) is 9.50 Å². The molecule has 0 heterocycles. The van der Waals surface area contributed by atoms with Crippen LogP contribution >= 0.6 is 27.5 Å². The van der Waals surface area contributed by atoms with Crippen molar-refractivity contribution in [2.45, 2.75) is 13.0 Å². The third-order valence-electron chi connectivity index (χ3n) is 2.95. The molecule has 0 bridgehead atoms. The van der Waals surface area contributed by atoms with Crippen molar-refractivity contribution in [3.8, 4) is 0 Å². The standard InChI is InChI=1S/C15H14BrClN2O/c1-9-7-11(16)13(8-12(9)17)19-15(20)14(18)10-5-3-2-4-6-10/h2-8,14H,18H2,1H3,(H,19,20). The first-order valence-electron chi connectivity index (χ1n) is 6.06. The van der Waals surface area contributed by atoms with Crippen molar-refractivity contribution in [1.29, 1.82) is 0 Å². The zero-order chi connectivity index (χ0) is 14.7. The van der Waals surface area contributed by atoms with Gasteiger partial charge >= 0.3 is 0 Å². The molecule has 0 fully saturated rings. The number of nitrogens with two attached hydrogens (primary N) is 1. The van der Waals surface area contributed by atoms with Gasteiger partial charge in [-0.25, -0.2) is 0 Å². The normalized spacial score (nSPS) is 12.0. The Hall–Kier alpha value is -1.36. The molecule has 0 aromatic heterocycles. The molecule has 1 amide bonds. The predicted molar refractivity (Wildman–Crippen MR) is 85.9 cm³/mol. The molecule has 0 spiro atoms. The van der Waals surface area contributed by atoms with Crippen molar-refractivity contribution in [2.75, 3.05) is 5.32 Å². The Bertz CT molecular complexity index is 631. The second-order valence-corrected chi connectivity index (χ2v) is 5.72. The molecule has 5 heteroatoms. The summed E-state index contributed by atoms with van der Waals surface area (Å²) in [7, 11) is 0. The van der Waals surface area contributed by atoms with Gasteiger partial charge in [0.2, 0.25) is 5.91 Å². The molecule has 1 unspecified atom stereocenters. The molecule has 0 saturated heterocycles. The summed E-state index contributed by atoms with van der Waals surface area (Å²) in [5, 5.41) is 3.38. The maximum absolute atomic E-state index is 12.2. The van der Waals surface area contributed by atoms with E-state index in [1.807, 2.05) is 43.3 Å². The fraction of sp³-hybridized carbons (Fsp3) is 0.133. The van der Waals surface area contributed by atoms with Gasteiger partial charge in [-0.05, 0) is 46.1 Å². The van der Waals surface area contributed by atoms with Gasteiger partial charge in [-0.3, -0.25) is 4.79 Å². The van der Waals surface area contributed by atoms with E-state index in [1.165, 1.54) is 0 Å². The summed E-state index contributed by atoms with van der Waals surface area (Å²) in [6.45, 7) is 1.90. The highest BCUT2D eigenvalue weighted by molar-refractivity contribution is 9.10. The SMILES string of the molecule is Cc1cc(Br)c(NC(=O)C(N)c2ccccc2)cc1Cl. The van der Waals surface area contributed by atoms with Crippen LogP contribution in [0.4, 0.5) is 5.69 Å². The van der Waals surface area contributed by atoms with Gasteiger partial charge in [0.25, 0.3) is 0 Å². The van der Waals surface area contributed by atoms with Gasteiger partial charge in [-0.15, -0.1) is 0 Å². The molecule has 20 heavy (non-hydrogen) atoms. The van der Waals surface area contributed by atoms with Crippen molar-refractivity contribution >= 4 is 39.1 Å². The number of benzene rings is 2. The smallest absolute Gasteiger partial charge is 0.245 e. The van der Waals surface area contributed by atoms with Crippen molar-refractivity contribution in [3.05, 3.63) is 63.1 Å². The highest BCUT2D eigenvalue weighted by Gasteiger charge is 2.17. The number of anilines is 1. The topological polar surface area (TPSA) is 55.1 Å². The number of hydrogen-bond acceptors (Lipinski definition) is 2. The Balaban J connectivity index is 2.18. The summed E-state index contributed by atoms with van der Waals surface area (Å²) in [4.78, 5) is 12.2. The lowest BCUT2D eigenvalue weighted by atomic mass is 10.1. The number of halogens is 2. The molecule has 2 aromatic rings. The molecule has 3 nitrogen and oxygen atoms in total. The fourth-order valence-corrected chi connectivity index (χ4v) is 2.48. The van der Waals surface area contributed by atoms with Gasteiger partial charge in [-0.2, -0.15) is 0 Å². The van der Waals surface area contributed by atoms with Crippen LogP contribution < -0.4 is 11.1 Å². The van der Waals surface area contributed by atoms with Crippen molar-refractivity contribution in [1.82, 2.24) is 0 Å². The summed E-state index contributed by atoms with van der Waals surface area (Å²) in [6, 6.07) is 12.1. The van der Waals surface area contributed by atoms with E-state index in [4.69, 9.17) is 17.3 Å². The second-order valence-electron chi connectivity index (χ2n) is 4.46. The molecule has 0 radical (unpaired) electrons. The average Bonchev–Trinajstić information content (AvgIpc) is 2.44. The van der Waals surface area contributed by atoms with Crippen molar-refractivity contribution < 1.29 is 4.79 Å². The quantitative estimate of drug-likeness (QED) is 0.874. The van der Waals surface area contributed by atoms with Crippen LogP contribution in [0, 0.1) is 6.92 Å². The van der Waals surface area contributed by atoms with E-state index in [0.717, 1.165) is 15.6 Å². The summed E-state index contributed by atoms with van der Waals surface area (Å²) >= 11 is 9.46. The number of carbonyl (C=O) groups excluding carboxylic acids is 1. The number of nitrogens with one attached hydrogen (secondary N) is 1. The number of amides is 1. The fourth-order valence-electron chi connectivity index (χ4n) is 1.76. The Kier molecular flexibility index (Phi) is 4.81. The van der Waals surface area contributed by atoms with E-state index in [0.29, 0.717) is 10.7 Å². The van der Waals surface area contributed by atoms with E-state index in [-0.39, 0.29) is 5.91 Å². The molecule has 1 atom stereocenters. The van der Waals surface area contributed by atoms with Crippen LogP contribution in [0.2, 0.25) is 5.02 Å². The van der Waals surface area contributed by atoms with E-state index in [1.54, 1.807) is 6.07 Å². The zero-order valence-corrected chi connectivity index (χ0v) is 13.2. The average molecular weight is 354 g/mol. The lowest BCUT2D eigenvalue weighted by Gasteiger charge is -2.14. The maximum Gasteiger partial charge on any atom is 0.245 e. The second kappa shape index (κ2) is 6.39. The molecule has 0 aliphatic heterocycles. The van der Waals surface area contributed by atoms with E-state index in [2.05, 4.69) is 21.2 Å². The summed E-state index contributed by atoms with van der Waals surface area (Å²) in [6.07, 6.45) is 0. The molecule has 0 aliphatic rings. The van der Waals surface area contributed by atoms with Crippen LogP contribution in [-0.4, -0.2) is 5.91 Å². The largest absolute Gasteiger partial charge is 0.323 e. The van der Waals surface area contributed by atoms with Crippen LogP contribution in [0.25, 0.3) is 0 Å². The Morgan fingerprint density at radius 3 is 2.60 bits per heavy atom. The highest BCUT2D eigenvalue weighted by Crippen LogP contribution is 2.29. The minimum Gasteiger partial charge on any atom is -0.323 e. The van der Waals surface area contributed by atoms with Crippen LogP contribution in [-0.2, 0) is 4.79 Å². The molecule has 2 rings (SSSR count). The minimum absolute atomic E-state index is 0.281. The molecular weight excluding hydrogens is 340 g/mol. The molecule has 0 aliphatic carbocycles. The van der Waals surface area contributed by atoms with Crippen molar-refractivity contribution in [2.24, 2.45) is 5.73 Å². The summed E-state index contributed by atoms with van der Waals surface area (Å²) in [5.41, 5.74) is 8.25. The first-order valence-corrected chi connectivity index (χ1v) is 7.23. The monoisotopic (exact) mass is 352 g/mol. The van der Waals surface area contributed by atoms with Gasteiger partial charge < -0.3 is 11.1 Å². The molecule has 0 saturated carbocycles. The van der Waals surface area contributed by atoms with Crippen LogP contribution in [0.15, 0.2) is 46.9 Å². The zero-order valence-electron chi connectivity index (χ0n) is 10.9. The van der Waals surface area contributed by atoms with Crippen molar-refractivity contribution in [3.63, 3.8) is 0 Å². The lowest BCUT2D eigenvalue weighted by Crippen LogP contribution is -2.27. The summed E-state index contributed by atoms with van der Waals surface area (Å²) < 4.78 is 0.771. The lowest BCUT2D eigenvalue weighted by molar-refractivity contribution is -0.117. The van der Waals surface area contributed by atoms with Gasteiger partial charge in [0.05, 0.1) is 5.69 Å². The third kappa shape index (κ3) is 3.39. The Labute approximate surface area is 131 Å². The predicted octanol–water partition coefficient (Wildman–Crippen LogP) is 4.05. The van der Waals surface area contributed by atoms with Gasteiger partial charge in [-0.1, -0.05) is 41.9 Å². The first-order chi connectivity index (χ1) is 9.49. The van der Waals surface area contributed by atoms with Crippen LogP contribution in [0.1, 0.15) is 17.2 Å². The van der Waals surface area contributed by atoms with Crippen LogP contribution in [0.5, 0.6) is 0 Å². The van der Waals surface area contributed by atoms with Crippen LogP contribution in [0.3, 0.4) is 0 Å². The minimum atomic E-state index is -0.719. The Morgan fingerprint density at radius 2 is 1.95 bits per heavy atom. The molecular formula is C15H14BrClN2O. The molecule has 104 valence electrons. The van der Waals surface area contributed by atoms with Gasteiger partial charge in [0.1, 0.15) is 6.04 Å². The molecule has 3 N–H and O–H groups in total. The van der Waals surface area contributed by atoms with E-state index < -0.39 is 6.04 Å².